The molecule has 4 nitrogen and oxygen atoms in total. The van der Waals surface area contributed by atoms with Gasteiger partial charge >= 0.3 is 0 Å². The first-order valence-electron chi connectivity index (χ1n) is 5.58. The highest BCUT2D eigenvalue weighted by Gasteiger charge is 2.32. The van der Waals surface area contributed by atoms with Crippen molar-refractivity contribution in [2.24, 2.45) is 5.92 Å². The first kappa shape index (κ1) is 13.5. The molecule has 0 bridgehead atoms. The summed E-state index contributed by atoms with van der Waals surface area (Å²) in [5, 5.41) is 8.94. The monoisotopic (exact) mass is 245 g/mol. The van der Waals surface area contributed by atoms with Crippen LogP contribution in [0.5, 0.6) is 0 Å². The number of carbonyl (C=O) groups excluding carboxylic acids is 2. The Hall–Kier alpha value is -0.550. The number of likely N-dealkylation sites (tertiary alicyclic amines) is 1. The lowest BCUT2D eigenvalue weighted by atomic mass is 10.1. The Morgan fingerprint density at radius 2 is 2.38 bits per heavy atom. The molecule has 0 radical (unpaired) electrons. The van der Waals surface area contributed by atoms with Crippen LogP contribution in [0.25, 0.3) is 0 Å². The van der Waals surface area contributed by atoms with Gasteiger partial charge in [-0.15, -0.1) is 0 Å². The molecule has 1 rings (SSSR count). The predicted octanol–water partition coefficient (Wildman–Crippen LogP) is 0.885. The zero-order valence-electron chi connectivity index (χ0n) is 9.81. The summed E-state index contributed by atoms with van der Waals surface area (Å²) < 4.78 is 0. The highest BCUT2D eigenvalue weighted by Crippen LogP contribution is 2.24. The van der Waals surface area contributed by atoms with Crippen molar-refractivity contribution in [3.05, 3.63) is 0 Å². The lowest BCUT2D eigenvalue weighted by molar-refractivity contribution is -0.129. The molecule has 1 heterocycles. The minimum Gasteiger partial charge on any atom is -0.396 e. The van der Waals surface area contributed by atoms with Gasteiger partial charge in [0.1, 0.15) is 0 Å². The van der Waals surface area contributed by atoms with Crippen molar-refractivity contribution >= 4 is 22.8 Å². The van der Waals surface area contributed by atoms with E-state index in [1.54, 1.807) is 6.92 Å². The van der Waals surface area contributed by atoms with Crippen LogP contribution in [-0.4, -0.2) is 46.0 Å². The Bertz CT molecular complexity index is 270. The molecule has 0 aromatic rings. The van der Waals surface area contributed by atoms with Crippen molar-refractivity contribution in [1.29, 1.82) is 0 Å². The van der Waals surface area contributed by atoms with E-state index in [4.69, 9.17) is 5.11 Å². The smallest absolute Gasteiger partial charge is 0.223 e. The van der Waals surface area contributed by atoms with Crippen LogP contribution >= 0.6 is 11.8 Å². The molecule has 1 aliphatic rings. The Morgan fingerprint density at radius 1 is 1.69 bits per heavy atom. The fourth-order valence-corrected chi connectivity index (χ4v) is 2.62. The number of rotatable bonds is 5. The molecule has 16 heavy (non-hydrogen) atoms. The maximum atomic E-state index is 11.7. The summed E-state index contributed by atoms with van der Waals surface area (Å²) in [5.74, 6) is 1.15. The summed E-state index contributed by atoms with van der Waals surface area (Å²) in [6.45, 7) is 4.33. The molecule has 5 heteroatoms. The largest absolute Gasteiger partial charge is 0.396 e. The third-order valence-corrected chi connectivity index (χ3v) is 3.88. The SMILES string of the molecule is CC(=O)SCC1CC(=O)N(C(C)CCO)C1. The third-order valence-electron chi connectivity index (χ3n) is 2.84. The van der Waals surface area contributed by atoms with Gasteiger partial charge in [0.05, 0.1) is 0 Å². The summed E-state index contributed by atoms with van der Waals surface area (Å²) in [6, 6.07) is 0.102. The van der Waals surface area contributed by atoms with Gasteiger partial charge in [-0.25, -0.2) is 0 Å². The van der Waals surface area contributed by atoms with Gasteiger partial charge in [0.15, 0.2) is 5.12 Å². The van der Waals surface area contributed by atoms with Gasteiger partial charge in [0.2, 0.25) is 5.91 Å². The Morgan fingerprint density at radius 3 is 2.94 bits per heavy atom. The molecule has 0 aromatic heterocycles. The van der Waals surface area contributed by atoms with E-state index in [1.165, 1.54) is 11.8 Å². The van der Waals surface area contributed by atoms with Gasteiger partial charge in [-0.1, -0.05) is 11.8 Å². The summed E-state index contributed by atoms with van der Waals surface area (Å²) in [7, 11) is 0. The zero-order chi connectivity index (χ0) is 12.1. The maximum Gasteiger partial charge on any atom is 0.223 e. The second kappa shape index (κ2) is 6.25. The Balaban J connectivity index is 2.40. The van der Waals surface area contributed by atoms with Gasteiger partial charge in [-0.2, -0.15) is 0 Å². The minimum absolute atomic E-state index is 0.102. The number of hydrogen-bond acceptors (Lipinski definition) is 4. The molecule has 1 aliphatic heterocycles. The predicted molar refractivity (Wildman–Crippen MR) is 64.1 cm³/mol. The van der Waals surface area contributed by atoms with Crippen LogP contribution in [0.3, 0.4) is 0 Å². The molecule has 0 spiro atoms. The molecule has 1 amide bonds. The number of aliphatic hydroxyl groups excluding tert-OH is 1. The summed E-state index contributed by atoms with van der Waals surface area (Å²) in [5.41, 5.74) is 0. The number of thioether (sulfide) groups is 1. The fourth-order valence-electron chi connectivity index (χ4n) is 1.92. The average Bonchev–Trinajstić information content (AvgIpc) is 2.57. The van der Waals surface area contributed by atoms with Crippen molar-refractivity contribution in [3.8, 4) is 0 Å². The molecule has 92 valence electrons. The molecule has 1 fully saturated rings. The van der Waals surface area contributed by atoms with E-state index in [0.29, 0.717) is 12.8 Å². The van der Waals surface area contributed by atoms with Gasteiger partial charge in [-0.05, 0) is 19.3 Å². The number of aliphatic hydroxyl groups is 1. The van der Waals surface area contributed by atoms with Gasteiger partial charge in [0, 0.05) is 38.3 Å². The highest BCUT2D eigenvalue weighted by molar-refractivity contribution is 8.13. The Kier molecular flexibility index (Phi) is 5.28. The van der Waals surface area contributed by atoms with Crippen LogP contribution in [-0.2, 0) is 9.59 Å². The van der Waals surface area contributed by atoms with Crippen molar-refractivity contribution in [3.63, 3.8) is 0 Å². The topological polar surface area (TPSA) is 57.6 Å². The van der Waals surface area contributed by atoms with E-state index < -0.39 is 0 Å². The molecule has 0 aromatic carbocycles. The highest BCUT2D eigenvalue weighted by atomic mass is 32.2. The van der Waals surface area contributed by atoms with E-state index in [0.717, 1.165) is 12.3 Å². The molecule has 2 atom stereocenters. The van der Waals surface area contributed by atoms with Crippen LogP contribution in [0.4, 0.5) is 0 Å². The van der Waals surface area contributed by atoms with Crippen molar-refractivity contribution in [2.45, 2.75) is 32.7 Å². The Labute approximate surface area is 100 Å². The minimum atomic E-state index is 0.102. The first-order chi connectivity index (χ1) is 7.54. The van der Waals surface area contributed by atoms with E-state index >= 15 is 0 Å². The van der Waals surface area contributed by atoms with Crippen LogP contribution in [0, 0.1) is 5.92 Å². The number of carbonyl (C=O) groups is 2. The number of amides is 1. The second-order valence-corrected chi connectivity index (χ2v) is 5.48. The molecule has 0 saturated carbocycles. The van der Waals surface area contributed by atoms with Crippen LogP contribution in [0.15, 0.2) is 0 Å². The van der Waals surface area contributed by atoms with Gasteiger partial charge in [0.25, 0.3) is 0 Å². The molecular formula is C11H19NO3S. The maximum absolute atomic E-state index is 11.7. The van der Waals surface area contributed by atoms with E-state index in [-0.39, 0.29) is 29.6 Å². The molecule has 1 saturated heterocycles. The first-order valence-corrected chi connectivity index (χ1v) is 6.56. The molecular weight excluding hydrogens is 226 g/mol. The second-order valence-electron chi connectivity index (χ2n) is 4.28. The lowest BCUT2D eigenvalue weighted by Gasteiger charge is -2.24. The average molecular weight is 245 g/mol. The number of hydrogen-bond donors (Lipinski definition) is 1. The summed E-state index contributed by atoms with van der Waals surface area (Å²) >= 11 is 1.29. The summed E-state index contributed by atoms with van der Waals surface area (Å²) in [6.07, 6.45) is 1.16. The van der Waals surface area contributed by atoms with Crippen LogP contribution in [0.1, 0.15) is 26.7 Å². The van der Waals surface area contributed by atoms with Crippen molar-refractivity contribution in [1.82, 2.24) is 4.90 Å². The normalized spacial score (nSPS) is 22.6. The fraction of sp³-hybridized carbons (Fsp3) is 0.818. The quantitative estimate of drug-likeness (QED) is 0.781. The van der Waals surface area contributed by atoms with E-state index in [1.807, 2.05) is 11.8 Å². The van der Waals surface area contributed by atoms with Crippen molar-refractivity contribution < 1.29 is 14.7 Å². The van der Waals surface area contributed by atoms with E-state index in [2.05, 4.69) is 0 Å². The van der Waals surface area contributed by atoms with Crippen LogP contribution < -0.4 is 0 Å². The van der Waals surface area contributed by atoms with Gasteiger partial charge < -0.3 is 10.0 Å². The summed E-state index contributed by atoms with van der Waals surface area (Å²) in [4.78, 5) is 24.3. The van der Waals surface area contributed by atoms with Gasteiger partial charge in [-0.3, -0.25) is 9.59 Å². The standard InChI is InChI=1S/C11H19NO3S/c1-8(3-4-13)12-6-10(5-11(12)15)7-16-9(2)14/h8,10,13H,3-7H2,1-2H3. The number of nitrogens with zero attached hydrogens (tertiary/aromatic N) is 1. The molecule has 1 N–H and O–H groups in total. The van der Waals surface area contributed by atoms with E-state index in [9.17, 15) is 9.59 Å². The van der Waals surface area contributed by atoms with Crippen LogP contribution in [0.2, 0.25) is 0 Å². The van der Waals surface area contributed by atoms with Crippen molar-refractivity contribution in [2.75, 3.05) is 18.9 Å². The molecule has 2 unspecified atom stereocenters. The molecule has 0 aliphatic carbocycles. The third kappa shape index (κ3) is 3.79. The zero-order valence-corrected chi connectivity index (χ0v) is 10.6. The lowest BCUT2D eigenvalue weighted by Crippen LogP contribution is -2.35.